The second kappa shape index (κ2) is 7.08. The van der Waals surface area contributed by atoms with E-state index in [1.807, 2.05) is 6.08 Å². The largest absolute Gasteiger partial charge is 0.335 e. The van der Waals surface area contributed by atoms with Gasteiger partial charge in [0.2, 0.25) is 5.91 Å². The van der Waals surface area contributed by atoms with Gasteiger partial charge in [0.15, 0.2) is 11.6 Å². The Labute approximate surface area is 175 Å². The van der Waals surface area contributed by atoms with Gasteiger partial charge in [-0.05, 0) is 48.2 Å². The van der Waals surface area contributed by atoms with E-state index in [-0.39, 0.29) is 46.3 Å². The molecule has 2 aliphatic rings. The van der Waals surface area contributed by atoms with Crippen molar-refractivity contribution in [1.82, 2.24) is 14.9 Å². The Morgan fingerprint density at radius 1 is 1.26 bits per heavy atom. The monoisotopic (exact) mass is 425 g/mol. The first-order chi connectivity index (χ1) is 14.8. The molecule has 0 saturated carbocycles. The van der Waals surface area contributed by atoms with E-state index in [2.05, 4.69) is 9.97 Å². The number of aromatic amines is 1. The molecule has 0 unspecified atom stereocenters. The number of fused-ring (bicyclic) bond motifs is 3. The van der Waals surface area contributed by atoms with E-state index in [4.69, 9.17) is 0 Å². The van der Waals surface area contributed by atoms with E-state index in [1.54, 1.807) is 11.1 Å². The van der Waals surface area contributed by atoms with E-state index in [0.29, 0.717) is 12.1 Å². The number of nitrogens with one attached hydrogen (secondary N) is 1. The summed E-state index contributed by atoms with van der Waals surface area (Å²) in [6.45, 7) is 1.98. The molecule has 1 amide bonds. The Hall–Kier alpha value is -3.42. The maximum atomic E-state index is 14.3. The van der Waals surface area contributed by atoms with E-state index in [9.17, 15) is 22.8 Å². The highest BCUT2D eigenvalue weighted by atomic mass is 19.2. The molecule has 5 nitrogen and oxygen atoms in total. The van der Waals surface area contributed by atoms with Crippen LogP contribution >= 0.6 is 0 Å². The number of amides is 1. The summed E-state index contributed by atoms with van der Waals surface area (Å²) in [5.41, 5.74) is 1.76. The normalized spacial score (nSPS) is 19.9. The quantitative estimate of drug-likeness (QED) is 0.699. The van der Waals surface area contributed by atoms with Crippen molar-refractivity contribution in [3.63, 3.8) is 0 Å². The maximum Gasteiger partial charge on any atom is 0.252 e. The Bertz CT molecular complexity index is 1330. The zero-order valence-electron chi connectivity index (χ0n) is 16.6. The van der Waals surface area contributed by atoms with Crippen molar-refractivity contribution < 1.29 is 18.0 Å². The van der Waals surface area contributed by atoms with Gasteiger partial charge in [-0.3, -0.25) is 14.6 Å². The van der Waals surface area contributed by atoms with Crippen molar-refractivity contribution in [3.05, 3.63) is 81.2 Å². The number of benzene rings is 1. The van der Waals surface area contributed by atoms with Crippen LogP contribution in [0.25, 0.3) is 16.5 Å². The number of H-pyrrole nitrogens is 1. The molecule has 1 aromatic carbocycles. The number of carbonyl (C=O) groups is 1. The van der Waals surface area contributed by atoms with Gasteiger partial charge in [-0.1, -0.05) is 6.08 Å². The summed E-state index contributed by atoms with van der Waals surface area (Å²) in [5.74, 6) is -2.66. The standard InChI is InChI=1S/C23H18F3N3O2/c1-11-16(23(31)28-19-3-2-18(25)22(26)21(11)19)7-20(30)29-10-13-5-15(29)6-17(13)12-4-14(24)9-27-8-12/h2-4,6,8-9,13,15H,5,7,10H2,1H3,(H,28,31)/t13-,15-/m1/s1. The topological polar surface area (TPSA) is 66.1 Å². The average molecular weight is 425 g/mol. The van der Waals surface area contributed by atoms with Crippen LogP contribution in [0.1, 0.15) is 23.1 Å². The highest BCUT2D eigenvalue weighted by molar-refractivity contribution is 5.87. The van der Waals surface area contributed by atoms with Gasteiger partial charge in [0.1, 0.15) is 5.82 Å². The Kier molecular flexibility index (Phi) is 4.46. The molecule has 3 heterocycles. The van der Waals surface area contributed by atoms with Crippen LogP contribution < -0.4 is 5.56 Å². The molecule has 0 radical (unpaired) electrons. The highest BCUT2D eigenvalue weighted by Gasteiger charge is 2.41. The Morgan fingerprint density at radius 3 is 2.77 bits per heavy atom. The van der Waals surface area contributed by atoms with Crippen molar-refractivity contribution in [2.75, 3.05) is 6.54 Å². The second-order valence-corrected chi connectivity index (χ2v) is 8.08. The van der Waals surface area contributed by atoms with Crippen LogP contribution in [-0.4, -0.2) is 33.4 Å². The third-order valence-corrected chi connectivity index (χ3v) is 6.29. The number of pyridine rings is 2. The van der Waals surface area contributed by atoms with Crippen molar-refractivity contribution in [2.24, 2.45) is 5.92 Å². The number of hydrogen-bond donors (Lipinski definition) is 1. The molecule has 1 N–H and O–H groups in total. The predicted octanol–water partition coefficient (Wildman–Crippen LogP) is 3.51. The molecule has 8 heteroatoms. The average Bonchev–Trinajstić information content (AvgIpc) is 3.35. The predicted molar refractivity (Wildman–Crippen MR) is 109 cm³/mol. The van der Waals surface area contributed by atoms with E-state index in [0.717, 1.165) is 24.3 Å². The minimum atomic E-state index is -1.04. The second-order valence-electron chi connectivity index (χ2n) is 8.08. The van der Waals surface area contributed by atoms with Gasteiger partial charge < -0.3 is 9.88 Å². The van der Waals surface area contributed by atoms with Crippen LogP contribution in [0.2, 0.25) is 0 Å². The molecule has 0 spiro atoms. The van der Waals surface area contributed by atoms with Gasteiger partial charge in [-0.2, -0.15) is 0 Å². The maximum absolute atomic E-state index is 14.3. The molecule has 2 aromatic heterocycles. The first kappa shape index (κ1) is 19.5. The van der Waals surface area contributed by atoms with Crippen LogP contribution in [0.15, 0.2) is 41.5 Å². The van der Waals surface area contributed by atoms with Crippen LogP contribution in [0.4, 0.5) is 13.2 Å². The summed E-state index contributed by atoms with van der Waals surface area (Å²) in [5, 5.41) is -0.0221. The fraction of sp³-hybridized carbons (Fsp3) is 0.261. The molecule has 31 heavy (non-hydrogen) atoms. The van der Waals surface area contributed by atoms with E-state index >= 15 is 0 Å². The molecule has 5 rings (SSSR count). The number of rotatable bonds is 3. The smallest absolute Gasteiger partial charge is 0.252 e. The molecule has 1 aliphatic heterocycles. The number of hydrogen-bond acceptors (Lipinski definition) is 3. The summed E-state index contributed by atoms with van der Waals surface area (Å²) in [4.78, 5) is 33.6. The lowest BCUT2D eigenvalue weighted by Gasteiger charge is -2.26. The van der Waals surface area contributed by atoms with Gasteiger partial charge in [-0.25, -0.2) is 13.2 Å². The zero-order chi connectivity index (χ0) is 21.9. The number of halogens is 3. The Morgan fingerprint density at radius 2 is 2.06 bits per heavy atom. The first-order valence-electron chi connectivity index (χ1n) is 9.95. The lowest BCUT2D eigenvalue weighted by Crippen LogP contribution is -2.38. The van der Waals surface area contributed by atoms with E-state index < -0.39 is 23.0 Å². The summed E-state index contributed by atoms with van der Waals surface area (Å²) in [7, 11) is 0. The van der Waals surface area contributed by atoms with Crippen LogP contribution in [0, 0.1) is 30.3 Å². The Balaban J connectivity index is 1.43. The van der Waals surface area contributed by atoms with Gasteiger partial charge in [0.05, 0.1) is 24.2 Å². The van der Waals surface area contributed by atoms with Crippen LogP contribution in [0.5, 0.6) is 0 Å². The van der Waals surface area contributed by atoms with Gasteiger partial charge in [-0.15, -0.1) is 0 Å². The lowest BCUT2D eigenvalue weighted by molar-refractivity contribution is -0.130. The fourth-order valence-electron chi connectivity index (χ4n) is 4.79. The number of nitrogens with zero attached hydrogens (tertiary/aromatic N) is 2. The van der Waals surface area contributed by atoms with Gasteiger partial charge >= 0.3 is 0 Å². The van der Waals surface area contributed by atoms with Gasteiger partial charge in [0, 0.05) is 29.6 Å². The molecule has 3 aromatic rings. The summed E-state index contributed by atoms with van der Waals surface area (Å²) in [6, 6.07) is 3.54. The van der Waals surface area contributed by atoms with Crippen molar-refractivity contribution in [2.45, 2.75) is 25.8 Å². The number of carbonyl (C=O) groups excluding carboxylic acids is 1. The van der Waals surface area contributed by atoms with Crippen molar-refractivity contribution in [3.8, 4) is 0 Å². The molecule has 158 valence electrons. The lowest BCUT2D eigenvalue weighted by atomic mass is 9.96. The summed E-state index contributed by atoms with van der Waals surface area (Å²) < 4.78 is 41.5. The van der Waals surface area contributed by atoms with Crippen LogP contribution in [-0.2, 0) is 11.2 Å². The summed E-state index contributed by atoms with van der Waals surface area (Å²) >= 11 is 0. The number of likely N-dealkylation sites (tertiary alicyclic amines) is 1. The minimum absolute atomic E-state index is 0.0221. The van der Waals surface area contributed by atoms with Crippen LogP contribution in [0.3, 0.4) is 0 Å². The molecular formula is C23H18F3N3O2. The van der Waals surface area contributed by atoms with Crippen molar-refractivity contribution in [1.29, 1.82) is 0 Å². The number of aromatic nitrogens is 2. The molecule has 2 bridgehead atoms. The fourth-order valence-corrected chi connectivity index (χ4v) is 4.79. The third-order valence-electron chi connectivity index (χ3n) is 6.29. The molecular weight excluding hydrogens is 407 g/mol. The summed E-state index contributed by atoms with van der Waals surface area (Å²) in [6.07, 6.45) is 5.21. The molecule has 1 saturated heterocycles. The van der Waals surface area contributed by atoms with Crippen molar-refractivity contribution >= 4 is 22.4 Å². The zero-order valence-corrected chi connectivity index (χ0v) is 16.6. The highest BCUT2D eigenvalue weighted by Crippen LogP contribution is 2.42. The number of aryl methyl sites for hydroxylation is 1. The molecule has 2 atom stereocenters. The molecule has 1 fully saturated rings. The SMILES string of the molecule is Cc1c(CC(=O)N2C[C@H]3C[C@@H]2C=C3c2cncc(F)c2)c(=O)[nH]c2ccc(F)c(F)c12. The first-order valence-corrected chi connectivity index (χ1v) is 9.95. The van der Waals surface area contributed by atoms with Gasteiger partial charge in [0.25, 0.3) is 5.56 Å². The molecule has 1 aliphatic carbocycles. The minimum Gasteiger partial charge on any atom is -0.335 e. The third kappa shape index (κ3) is 3.13. The van der Waals surface area contributed by atoms with E-state index in [1.165, 1.54) is 19.1 Å².